The SMILES string of the molecule is COc1ccccc1C(C[SH]1C(=O)C(C(C)(C)C(=O)N2CCCCC2)C(=O)C1C)OC1CCOCC1. The van der Waals surface area contributed by atoms with Crippen molar-refractivity contribution >= 4 is 27.7 Å². The second-order valence-electron chi connectivity index (χ2n) is 10.8. The van der Waals surface area contributed by atoms with E-state index in [4.69, 9.17) is 14.2 Å². The standard InChI is InChI=1S/C28H41NO6S/c1-19-25(30)24(28(2,3)27(32)29-14-8-5-9-15-29)26(31)36(19)18-23(35-20-12-16-34-17-13-20)21-10-6-7-11-22(21)33-4/h6-7,10-11,19-20,23-24,36H,5,8-9,12-18H2,1-4H3. The van der Waals surface area contributed by atoms with Gasteiger partial charge in [-0.2, -0.15) is 10.9 Å². The summed E-state index contributed by atoms with van der Waals surface area (Å²) in [6.45, 7) is 8.15. The third-order valence-electron chi connectivity index (χ3n) is 7.98. The number of piperidine rings is 1. The number of para-hydroxylation sites is 1. The first-order chi connectivity index (χ1) is 17.3. The minimum absolute atomic E-state index is 0.0280. The lowest BCUT2D eigenvalue weighted by molar-refractivity contribution is -0.150. The Bertz CT molecular complexity index is 953. The number of rotatable bonds is 8. The van der Waals surface area contributed by atoms with E-state index in [0.717, 1.165) is 37.7 Å². The summed E-state index contributed by atoms with van der Waals surface area (Å²) in [5.41, 5.74) is -0.147. The van der Waals surface area contributed by atoms with Crippen LogP contribution in [0.1, 0.15) is 64.5 Å². The van der Waals surface area contributed by atoms with E-state index in [-0.39, 0.29) is 29.0 Å². The van der Waals surface area contributed by atoms with E-state index in [9.17, 15) is 14.4 Å². The lowest BCUT2D eigenvalue weighted by Crippen LogP contribution is -2.49. The second-order valence-corrected chi connectivity index (χ2v) is 13.3. The summed E-state index contributed by atoms with van der Waals surface area (Å²) < 4.78 is 17.7. The van der Waals surface area contributed by atoms with E-state index >= 15 is 0 Å². The van der Waals surface area contributed by atoms with E-state index in [1.54, 1.807) is 21.0 Å². The highest BCUT2D eigenvalue weighted by atomic mass is 32.2. The van der Waals surface area contributed by atoms with Crippen molar-refractivity contribution in [1.82, 2.24) is 4.90 Å². The van der Waals surface area contributed by atoms with Crippen LogP contribution in [0, 0.1) is 11.3 Å². The molecule has 1 aromatic rings. The van der Waals surface area contributed by atoms with E-state index in [1.165, 1.54) is 0 Å². The van der Waals surface area contributed by atoms with E-state index in [0.29, 0.717) is 37.8 Å². The van der Waals surface area contributed by atoms with Crippen molar-refractivity contribution in [2.24, 2.45) is 11.3 Å². The van der Waals surface area contributed by atoms with Crippen molar-refractivity contribution in [2.75, 3.05) is 39.2 Å². The first-order valence-electron chi connectivity index (χ1n) is 13.3. The summed E-state index contributed by atoms with van der Waals surface area (Å²) >= 11 is 0. The highest BCUT2D eigenvalue weighted by Crippen LogP contribution is 2.52. The van der Waals surface area contributed by atoms with Crippen molar-refractivity contribution in [3.8, 4) is 5.75 Å². The molecule has 3 heterocycles. The van der Waals surface area contributed by atoms with Gasteiger partial charge in [-0.1, -0.05) is 18.2 Å². The third kappa shape index (κ3) is 5.50. The van der Waals surface area contributed by atoms with Crippen LogP contribution < -0.4 is 4.74 Å². The smallest absolute Gasteiger partial charge is 0.229 e. The fourth-order valence-corrected chi connectivity index (χ4v) is 8.54. The van der Waals surface area contributed by atoms with Gasteiger partial charge in [0.05, 0.1) is 30.7 Å². The predicted molar refractivity (Wildman–Crippen MR) is 142 cm³/mol. The molecule has 3 fully saturated rings. The Labute approximate surface area is 217 Å². The van der Waals surface area contributed by atoms with Gasteiger partial charge in [-0.15, -0.1) is 0 Å². The molecule has 0 aliphatic carbocycles. The Morgan fingerprint density at radius 2 is 1.81 bits per heavy atom. The minimum atomic E-state index is -1.33. The largest absolute Gasteiger partial charge is 0.496 e. The molecule has 0 bridgehead atoms. The number of carbonyl (C=O) groups excluding carboxylic acids is 3. The Morgan fingerprint density at radius 3 is 2.47 bits per heavy atom. The summed E-state index contributed by atoms with van der Waals surface area (Å²) in [5, 5.41) is -0.463. The van der Waals surface area contributed by atoms with Gasteiger partial charge in [0.1, 0.15) is 5.75 Å². The zero-order valence-corrected chi connectivity index (χ0v) is 22.9. The summed E-state index contributed by atoms with van der Waals surface area (Å²) in [6.07, 6.45) is 4.32. The van der Waals surface area contributed by atoms with Crippen LogP contribution >= 0.6 is 10.9 Å². The zero-order valence-electron chi connectivity index (χ0n) is 22.0. The van der Waals surface area contributed by atoms with E-state index < -0.39 is 27.5 Å². The number of amides is 1. The number of nitrogens with zero attached hydrogens (tertiary/aromatic N) is 1. The quantitative estimate of drug-likeness (QED) is 0.412. The molecule has 1 aromatic carbocycles. The number of benzene rings is 1. The highest BCUT2D eigenvalue weighted by molar-refractivity contribution is 8.31. The molecule has 8 heteroatoms. The van der Waals surface area contributed by atoms with Crippen LogP contribution in [-0.4, -0.2) is 72.2 Å². The maximum atomic E-state index is 13.9. The van der Waals surface area contributed by atoms with Crippen LogP contribution in [0.2, 0.25) is 0 Å². The Kier molecular flexibility index (Phi) is 8.79. The number of hydrogen-bond donors (Lipinski definition) is 1. The van der Waals surface area contributed by atoms with Gasteiger partial charge in [-0.25, -0.2) is 0 Å². The van der Waals surface area contributed by atoms with Crippen LogP contribution in [0.5, 0.6) is 5.75 Å². The molecular formula is C28H41NO6S. The predicted octanol–water partition coefficient (Wildman–Crippen LogP) is 4.09. The Morgan fingerprint density at radius 1 is 1.14 bits per heavy atom. The molecule has 36 heavy (non-hydrogen) atoms. The molecule has 4 rings (SSSR count). The van der Waals surface area contributed by atoms with Gasteiger partial charge in [-0.05, 0) is 58.9 Å². The molecule has 0 N–H and O–H groups in total. The van der Waals surface area contributed by atoms with Gasteiger partial charge in [0, 0.05) is 42.9 Å². The second kappa shape index (κ2) is 11.7. The number of carbonyl (C=O) groups is 3. The lowest BCUT2D eigenvalue weighted by atomic mass is 9.75. The van der Waals surface area contributed by atoms with Gasteiger partial charge in [0.15, 0.2) is 10.9 Å². The van der Waals surface area contributed by atoms with Crippen LogP contribution in [0.25, 0.3) is 0 Å². The normalized spacial score (nSPS) is 27.8. The van der Waals surface area contributed by atoms with Crippen molar-refractivity contribution < 1.29 is 28.6 Å². The van der Waals surface area contributed by atoms with Crippen LogP contribution in [0.15, 0.2) is 24.3 Å². The monoisotopic (exact) mass is 519 g/mol. The first kappa shape index (κ1) is 27.1. The van der Waals surface area contributed by atoms with E-state index in [1.807, 2.05) is 36.1 Å². The number of hydrogen-bond acceptors (Lipinski definition) is 6. The Hall–Kier alpha value is -1.90. The van der Waals surface area contributed by atoms with Crippen molar-refractivity contribution in [3.05, 3.63) is 29.8 Å². The van der Waals surface area contributed by atoms with Gasteiger partial charge < -0.3 is 19.1 Å². The molecule has 4 atom stereocenters. The first-order valence-corrected chi connectivity index (χ1v) is 14.8. The molecule has 4 unspecified atom stereocenters. The van der Waals surface area contributed by atoms with Crippen molar-refractivity contribution in [3.63, 3.8) is 0 Å². The van der Waals surface area contributed by atoms with Crippen LogP contribution in [0.4, 0.5) is 0 Å². The van der Waals surface area contributed by atoms with Gasteiger partial charge >= 0.3 is 0 Å². The summed E-state index contributed by atoms with van der Waals surface area (Å²) in [6, 6.07) is 7.74. The minimum Gasteiger partial charge on any atom is -0.496 e. The Balaban J connectivity index is 1.58. The number of ketones is 1. The van der Waals surface area contributed by atoms with Crippen molar-refractivity contribution in [1.29, 1.82) is 0 Å². The molecular weight excluding hydrogens is 478 g/mol. The topological polar surface area (TPSA) is 82.1 Å². The molecule has 3 saturated heterocycles. The van der Waals surface area contributed by atoms with Crippen LogP contribution in [0.3, 0.4) is 0 Å². The zero-order chi connectivity index (χ0) is 25.9. The lowest BCUT2D eigenvalue weighted by Gasteiger charge is -2.36. The highest BCUT2D eigenvalue weighted by Gasteiger charge is 2.55. The maximum Gasteiger partial charge on any atom is 0.229 e. The van der Waals surface area contributed by atoms with Gasteiger partial charge in [0.25, 0.3) is 0 Å². The molecule has 0 spiro atoms. The molecule has 0 radical (unpaired) electrons. The molecule has 200 valence electrons. The van der Waals surface area contributed by atoms with Crippen molar-refractivity contribution in [2.45, 2.75) is 70.3 Å². The third-order valence-corrected chi connectivity index (χ3v) is 10.7. The van der Waals surface area contributed by atoms with E-state index in [2.05, 4.69) is 0 Å². The fourth-order valence-electron chi connectivity index (χ4n) is 5.78. The summed E-state index contributed by atoms with van der Waals surface area (Å²) in [5.74, 6) is 0.106. The van der Waals surface area contributed by atoms with Crippen LogP contribution in [-0.2, 0) is 23.9 Å². The molecule has 3 aliphatic rings. The number of Topliss-reactive ketones (excluding diaryl/α,β-unsaturated/α-hetero) is 1. The summed E-state index contributed by atoms with van der Waals surface area (Å²) in [7, 11) is 0.301. The maximum absolute atomic E-state index is 13.9. The fraction of sp³-hybridized carbons (Fsp3) is 0.679. The average Bonchev–Trinajstić information content (AvgIpc) is 3.12. The molecule has 0 saturated carbocycles. The number of thiol groups is 1. The van der Waals surface area contributed by atoms with Gasteiger partial charge in [0.2, 0.25) is 5.91 Å². The van der Waals surface area contributed by atoms with Gasteiger partial charge in [-0.3, -0.25) is 14.4 Å². The number of ether oxygens (including phenoxy) is 3. The molecule has 3 aliphatic heterocycles. The number of methoxy groups -OCH3 is 1. The molecule has 1 amide bonds. The average molecular weight is 520 g/mol. The molecule has 7 nitrogen and oxygen atoms in total. The number of likely N-dealkylation sites (tertiary alicyclic amines) is 1. The summed E-state index contributed by atoms with van der Waals surface area (Å²) in [4.78, 5) is 42.8. The molecule has 0 aromatic heterocycles.